The van der Waals surface area contributed by atoms with Gasteiger partial charge in [0.05, 0.1) is 18.3 Å². The van der Waals surface area contributed by atoms with Crippen LogP contribution in [0.1, 0.15) is 15.2 Å². The van der Waals surface area contributed by atoms with Crippen LogP contribution in [0.3, 0.4) is 0 Å². The minimum Gasteiger partial charge on any atom is -0.491 e. The SMILES string of the molecule is CN(C)CCOc1cc(-c2cn[nH]c2)ccc1C(=O)NCc1cccs1. The number of thiophene rings is 1. The number of ether oxygens (including phenoxy) is 1. The Hall–Kier alpha value is -2.64. The maximum atomic E-state index is 12.6. The molecule has 6 nitrogen and oxygen atoms in total. The molecule has 0 saturated carbocycles. The van der Waals surface area contributed by atoms with Crippen molar-refractivity contribution in [1.82, 2.24) is 20.4 Å². The molecular weight excluding hydrogens is 348 g/mol. The molecule has 2 aromatic heterocycles. The van der Waals surface area contributed by atoms with E-state index in [1.54, 1.807) is 23.6 Å². The lowest BCUT2D eigenvalue weighted by atomic mass is 10.1. The molecule has 136 valence electrons. The molecule has 0 radical (unpaired) electrons. The molecule has 3 aromatic rings. The Morgan fingerprint density at radius 3 is 2.88 bits per heavy atom. The van der Waals surface area contributed by atoms with Crippen molar-refractivity contribution in [2.24, 2.45) is 0 Å². The van der Waals surface area contributed by atoms with Crippen molar-refractivity contribution in [3.05, 3.63) is 58.5 Å². The van der Waals surface area contributed by atoms with E-state index in [2.05, 4.69) is 15.5 Å². The van der Waals surface area contributed by atoms with Gasteiger partial charge in [-0.1, -0.05) is 12.1 Å². The molecule has 0 aliphatic carbocycles. The lowest BCUT2D eigenvalue weighted by Gasteiger charge is -2.15. The van der Waals surface area contributed by atoms with Gasteiger partial charge in [-0.05, 0) is 43.2 Å². The zero-order valence-corrected chi connectivity index (χ0v) is 15.7. The van der Waals surface area contributed by atoms with Crippen LogP contribution in [0.2, 0.25) is 0 Å². The molecule has 26 heavy (non-hydrogen) atoms. The molecule has 0 fully saturated rings. The number of carbonyl (C=O) groups excluding carboxylic acids is 1. The van der Waals surface area contributed by atoms with Crippen molar-refractivity contribution in [2.45, 2.75) is 6.54 Å². The number of likely N-dealkylation sites (N-methyl/N-ethyl adjacent to an activating group) is 1. The van der Waals surface area contributed by atoms with Gasteiger partial charge in [0.2, 0.25) is 0 Å². The highest BCUT2D eigenvalue weighted by molar-refractivity contribution is 7.09. The third kappa shape index (κ3) is 4.71. The minimum absolute atomic E-state index is 0.142. The maximum Gasteiger partial charge on any atom is 0.255 e. The average Bonchev–Trinajstić information content (AvgIpc) is 3.33. The number of H-pyrrole nitrogens is 1. The molecule has 3 rings (SSSR count). The van der Waals surface area contributed by atoms with E-state index in [9.17, 15) is 4.79 Å². The molecule has 0 spiro atoms. The second-order valence-corrected chi connectivity index (χ2v) is 7.14. The monoisotopic (exact) mass is 370 g/mol. The summed E-state index contributed by atoms with van der Waals surface area (Å²) in [7, 11) is 3.97. The summed E-state index contributed by atoms with van der Waals surface area (Å²) >= 11 is 1.62. The summed E-state index contributed by atoms with van der Waals surface area (Å²) in [4.78, 5) is 15.8. The zero-order chi connectivity index (χ0) is 18.4. The van der Waals surface area contributed by atoms with E-state index < -0.39 is 0 Å². The predicted molar refractivity (Wildman–Crippen MR) is 104 cm³/mol. The van der Waals surface area contributed by atoms with Gasteiger partial charge in [0.25, 0.3) is 5.91 Å². The van der Waals surface area contributed by atoms with E-state index in [1.807, 2.05) is 54.8 Å². The fourth-order valence-electron chi connectivity index (χ4n) is 2.43. The summed E-state index contributed by atoms with van der Waals surface area (Å²) in [6, 6.07) is 9.57. The fourth-order valence-corrected chi connectivity index (χ4v) is 3.08. The van der Waals surface area contributed by atoms with E-state index in [1.165, 1.54) is 0 Å². The van der Waals surface area contributed by atoms with E-state index in [4.69, 9.17) is 4.74 Å². The molecular formula is C19H22N4O2S. The third-order valence-corrected chi connectivity index (χ3v) is 4.73. The molecule has 0 aliphatic heterocycles. The van der Waals surface area contributed by atoms with Gasteiger partial charge in [0.15, 0.2) is 0 Å². The largest absolute Gasteiger partial charge is 0.491 e. The normalized spacial score (nSPS) is 10.9. The van der Waals surface area contributed by atoms with Crippen LogP contribution in [0.5, 0.6) is 5.75 Å². The van der Waals surface area contributed by atoms with Gasteiger partial charge in [0, 0.05) is 23.2 Å². The first-order chi connectivity index (χ1) is 12.6. The first-order valence-corrected chi connectivity index (χ1v) is 9.23. The second kappa shape index (κ2) is 8.64. The topological polar surface area (TPSA) is 70.2 Å². The molecule has 0 atom stereocenters. The van der Waals surface area contributed by atoms with Crippen molar-refractivity contribution in [1.29, 1.82) is 0 Å². The summed E-state index contributed by atoms with van der Waals surface area (Å²) in [6.07, 6.45) is 3.56. The number of hydrogen-bond donors (Lipinski definition) is 2. The molecule has 0 bridgehead atoms. The van der Waals surface area contributed by atoms with Crippen LogP contribution in [0.25, 0.3) is 11.1 Å². The van der Waals surface area contributed by atoms with Crippen LogP contribution >= 0.6 is 11.3 Å². The van der Waals surface area contributed by atoms with Crippen LogP contribution in [-0.4, -0.2) is 48.3 Å². The lowest BCUT2D eigenvalue weighted by molar-refractivity contribution is 0.0947. The molecule has 0 saturated heterocycles. The Balaban J connectivity index is 1.78. The second-order valence-electron chi connectivity index (χ2n) is 6.11. The summed E-state index contributed by atoms with van der Waals surface area (Å²) in [6.45, 7) is 1.79. The maximum absolute atomic E-state index is 12.6. The van der Waals surface area contributed by atoms with Gasteiger partial charge < -0.3 is 15.0 Å². The minimum atomic E-state index is -0.142. The summed E-state index contributed by atoms with van der Waals surface area (Å²) in [5.74, 6) is 0.436. The Morgan fingerprint density at radius 2 is 2.19 bits per heavy atom. The Labute approximate surface area is 156 Å². The van der Waals surface area contributed by atoms with Crippen molar-refractivity contribution in [3.8, 4) is 16.9 Å². The van der Waals surface area contributed by atoms with E-state index in [0.717, 1.165) is 22.5 Å². The van der Waals surface area contributed by atoms with Crippen LogP contribution in [0, 0.1) is 0 Å². The Kier molecular flexibility index (Phi) is 6.04. The average molecular weight is 370 g/mol. The van der Waals surface area contributed by atoms with Gasteiger partial charge in [-0.3, -0.25) is 9.89 Å². The van der Waals surface area contributed by atoms with Crippen LogP contribution in [0.15, 0.2) is 48.1 Å². The standard InChI is InChI=1S/C19H22N4O2S/c1-23(2)7-8-25-18-10-14(15-11-21-22-12-15)5-6-17(18)19(24)20-13-16-4-3-9-26-16/h3-6,9-12H,7-8,13H2,1-2H3,(H,20,24)(H,21,22). The molecule has 0 unspecified atom stereocenters. The highest BCUT2D eigenvalue weighted by atomic mass is 32.1. The summed E-state index contributed by atoms with van der Waals surface area (Å²) in [5.41, 5.74) is 2.44. The summed E-state index contributed by atoms with van der Waals surface area (Å²) in [5, 5.41) is 11.7. The summed E-state index contributed by atoms with van der Waals surface area (Å²) < 4.78 is 5.91. The van der Waals surface area contributed by atoms with Gasteiger partial charge in [0.1, 0.15) is 12.4 Å². The Morgan fingerprint density at radius 1 is 1.31 bits per heavy atom. The van der Waals surface area contributed by atoms with E-state index in [0.29, 0.717) is 24.5 Å². The first-order valence-electron chi connectivity index (χ1n) is 8.35. The molecule has 0 aliphatic rings. The van der Waals surface area contributed by atoms with Crippen molar-refractivity contribution in [3.63, 3.8) is 0 Å². The number of nitrogens with one attached hydrogen (secondary N) is 2. The molecule has 2 heterocycles. The number of benzene rings is 1. The van der Waals surface area contributed by atoms with Crippen molar-refractivity contribution in [2.75, 3.05) is 27.2 Å². The number of aromatic amines is 1. The fraction of sp³-hybridized carbons (Fsp3) is 0.263. The number of rotatable bonds is 8. The zero-order valence-electron chi connectivity index (χ0n) is 14.9. The number of amides is 1. The smallest absolute Gasteiger partial charge is 0.255 e. The first kappa shape index (κ1) is 18.2. The number of hydrogen-bond acceptors (Lipinski definition) is 5. The molecule has 1 amide bonds. The van der Waals surface area contributed by atoms with Gasteiger partial charge in [-0.2, -0.15) is 5.10 Å². The number of aromatic nitrogens is 2. The molecule has 2 N–H and O–H groups in total. The van der Waals surface area contributed by atoms with Gasteiger partial charge in [-0.25, -0.2) is 0 Å². The van der Waals surface area contributed by atoms with E-state index >= 15 is 0 Å². The van der Waals surface area contributed by atoms with E-state index in [-0.39, 0.29) is 5.91 Å². The highest BCUT2D eigenvalue weighted by Crippen LogP contribution is 2.27. The lowest BCUT2D eigenvalue weighted by Crippen LogP contribution is -2.24. The number of carbonyl (C=O) groups is 1. The van der Waals surface area contributed by atoms with Crippen molar-refractivity contribution < 1.29 is 9.53 Å². The third-order valence-electron chi connectivity index (χ3n) is 3.86. The quantitative estimate of drug-likeness (QED) is 0.639. The van der Waals surface area contributed by atoms with Crippen LogP contribution in [0.4, 0.5) is 0 Å². The van der Waals surface area contributed by atoms with Gasteiger partial charge >= 0.3 is 0 Å². The Bertz CT molecular complexity index is 829. The van der Waals surface area contributed by atoms with Crippen molar-refractivity contribution >= 4 is 17.2 Å². The van der Waals surface area contributed by atoms with Gasteiger partial charge in [-0.15, -0.1) is 11.3 Å². The van der Waals surface area contributed by atoms with Crippen LogP contribution < -0.4 is 10.1 Å². The molecule has 1 aromatic carbocycles. The molecule has 7 heteroatoms. The highest BCUT2D eigenvalue weighted by Gasteiger charge is 2.15. The predicted octanol–water partition coefficient (Wildman–Crippen LogP) is 3.01. The van der Waals surface area contributed by atoms with Crippen LogP contribution in [-0.2, 0) is 6.54 Å². The number of nitrogens with zero attached hydrogens (tertiary/aromatic N) is 2.